The Morgan fingerprint density at radius 2 is 1.61 bits per heavy atom. The molecule has 8 nitrogen and oxygen atoms in total. The first-order valence-corrected chi connectivity index (χ1v) is 14.5. The molecule has 2 N–H and O–H groups in total. The standard InChI is InChI=1S/C32H39FN8/c1-4-5-6-7-8-9-10-11-18-32(2,3)29-17-13-15-24(36-29)21-41-22-28(39-40-41)27-19-26(37-31(35)38-27)25-16-12-14-23(20-34)30(25)33/h12-17,19,22H,4-11,18,21H2,1-3H3,(H2,35,37,38). The van der Waals surface area contributed by atoms with Gasteiger partial charge in [0.05, 0.1) is 35.4 Å². The van der Waals surface area contributed by atoms with Gasteiger partial charge >= 0.3 is 0 Å². The highest BCUT2D eigenvalue weighted by molar-refractivity contribution is 5.68. The third-order valence-corrected chi connectivity index (χ3v) is 7.42. The van der Waals surface area contributed by atoms with Crippen LogP contribution in [0.2, 0.25) is 0 Å². The number of pyridine rings is 1. The molecule has 3 aromatic heterocycles. The van der Waals surface area contributed by atoms with Crippen molar-refractivity contribution in [2.45, 2.75) is 90.5 Å². The largest absolute Gasteiger partial charge is 0.368 e. The predicted molar refractivity (Wildman–Crippen MR) is 159 cm³/mol. The predicted octanol–water partition coefficient (Wildman–Crippen LogP) is 7.25. The third kappa shape index (κ3) is 7.94. The van der Waals surface area contributed by atoms with Crippen LogP contribution in [0, 0.1) is 17.1 Å². The first-order valence-electron chi connectivity index (χ1n) is 14.5. The molecule has 0 radical (unpaired) electrons. The summed E-state index contributed by atoms with van der Waals surface area (Å²) < 4.78 is 16.5. The Bertz CT molecular complexity index is 1490. The molecule has 4 rings (SSSR count). The lowest BCUT2D eigenvalue weighted by Crippen LogP contribution is -2.20. The van der Waals surface area contributed by atoms with Crippen LogP contribution in [0.25, 0.3) is 22.6 Å². The molecule has 0 aliphatic heterocycles. The highest BCUT2D eigenvalue weighted by atomic mass is 19.1. The average molecular weight is 555 g/mol. The Kier molecular flexibility index (Phi) is 10.1. The minimum atomic E-state index is -0.654. The van der Waals surface area contributed by atoms with E-state index < -0.39 is 5.82 Å². The number of nitrogens with zero attached hydrogens (tertiary/aromatic N) is 7. The molecule has 0 bridgehead atoms. The Morgan fingerprint density at radius 3 is 2.37 bits per heavy atom. The van der Waals surface area contributed by atoms with Gasteiger partial charge < -0.3 is 5.73 Å². The lowest BCUT2D eigenvalue weighted by Gasteiger charge is -2.24. The van der Waals surface area contributed by atoms with Crippen LogP contribution in [0.1, 0.15) is 95.5 Å². The molecule has 41 heavy (non-hydrogen) atoms. The van der Waals surface area contributed by atoms with E-state index in [9.17, 15) is 9.65 Å². The summed E-state index contributed by atoms with van der Waals surface area (Å²) in [6.45, 7) is 7.23. The summed E-state index contributed by atoms with van der Waals surface area (Å²) >= 11 is 0. The number of nitriles is 1. The fraction of sp³-hybridized carbons (Fsp3) is 0.438. The van der Waals surface area contributed by atoms with E-state index in [0.29, 0.717) is 17.9 Å². The summed E-state index contributed by atoms with van der Waals surface area (Å²) in [7, 11) is 0. The topological polar surface area (TPSA) is 119 Å². The number of rotatable bonds is 14. The molecule has 3 heterocycles. The van der Waals surface area contributed by atoms with Gasteiger partial charge in [-0.3, -0.25) is 4.98 Å². The van der Waals surface area contributed by atoms with Crippen molar-refractivity contribution in [2.24, 2.45) is 0 Å². The highest BCUT2D eigenvalue weighted by Gasteiger charge is 2.22. The van der Waals surface area contributed by atoms with E-state index in [-0.39, 0.29) is 28.2 Å². The van der Waals surface area contributed by atoms with E-state index in [2.05, 4.69) is 47.1 Å². The minimum Gasteiger partial charge on any atom is -0.368 e. The number of benzene rings is 1. The van der Waals surface area contributed by atoms with Crippen LogP contribution in [0.3, 0.4) is 0 Å². The maximum atomic E-state index is 14.8. The van der Waals surface area contributed by atoms with Crippen molar-refractivity contribution in [3.05, 3.63) is 71.4 Å². The van der Waals surface area contributed by atoms with Crippen molar-refractivity contribution in [1.29, 1.82) is 5.26 Å². The molecule has 0 fully saturated rings. The molecule has 1 aromatic carbocycles. The van der Waals surface area contributed by atoms with Gasteiger partial charge in [0.1, 0.15) is 17.6 Å². The first kappa shape index (κ1) is 29.8. The number of anilines is 1. The first-order chi connectivity index (χ1) is 19.8. The van der Waals surface area contributed by atoms with Gasteiger partial charge in [-0.15, -0.1) is 5.10 Å². The van der Waals surface area contributed by atoms with Gasteiger partial charge in [-0.2, -0.15) is 5.26 Å². The molecule has 0 aliphatic rings. The second-order valence-electron chi connectivity index (χ2n) is 11.2. The van der Waals surface area contributed by atoms with Gasteiger partial charge in [-0.25, -0.2) is 19.0 Å². The Balaban J connectivity index is 1.42. The van der Waals surface area contributed by atoms with Crippen LogP contribution >= 0.6 is 0 Å². The van der Waals surface area contributed by atoms with Gasteiger partial charge in [0, 0.05) is 16.7 Å². The fourth-order valence-electron chi connectivity index (χ4n) is 4.98. The van der Waals surface area contributed by atoms with Crippen molar-refractivity contribution in [1.82, 2.24) is 29.9 Å². The molecule has 214 valence electrons. The van der Waals surface area contributed by atoms with Crippen LogP contribution in [0.5, 0.6) is 0 Å². The fourth-order valence-corrected chi connectivity index (χ4v) is 4.98. The number of hydrogen-bond acceptors (Lipinski definition) is 7. The summed E-state index contributed by atoms with van der Waals surface area (Å²) in [6, 6.07) is 14.1. The lowest BCUT2D eigenvalue weighted by molar-refractivity contribution is 0.429. The van der Waals surface area contributed by atoms with Crippen LogP contribution in [-0.4, -0.2) is 29.9 Å². The van der Waals surface area contributed by atoms with Gasteiger partial charge in [-0.1, -0.05) is 89.5 Å². The molecule has 0 amide bonds. The number of hydrogen-bond donors (Lipinski definition) is 1. The summed E-state index contributed by atoms with van der Waals surface area (Å²) in [5.74, 6) is -0.680. The van der Waals surface area contributed by atoms with E-state index in [1.54, 1.807) is 29.1 Å². The van der Waals surface area contributed by atoms with Crippen molar-refractivity contribution >= 4 is 5.95 Å². The normalized spacial score (nSPS) is 11.5. The molecule has 9 heteroatoms. The number of halogens is 1. The van der Waals surface area contributed by atoms with Gasteiger partial charge in [0.25, 0.3) is 0 Å². The Labute approximate surface area is 241 Å². The molecule has 0 unspecified atom stereocenters. The van der Waals surface area contributed by atoms with Crippen molar-refractivity contribution in [2.75, 3.05) is 5.73 Å². The SMILES string of the molecule is CCCCCCCCCCC(C)(C)c1cccc(Cn2cc(-c3cc(-c4cccc(C#N)c4F)nc(N)n3)nn2)n1. The number of nitrogen functional groups attached to an aromatic ring is 1. The number of unbranched alkanes of at least 4 members (excludes halogenated alkanes) is 7. The van der Waals surface area contributed by atoms with Crippen molar-refractivity contribution in [3.8, 4) is 28.7 Å². The van der Waals surface area contributed by atoms with E-state index >= 15 is 0 Å². The number of nitrogens with two attached hydrogens (primary N) is 1. The van der Waals surface area contributed by atoms with Crippen LogP contribution < -0.4 is 5.73 Å². The van der Waals surface area contributed by atoms with E-state index in [4.69, 9.17) is 10.7 Å². The van der Waals surface area contributed by atoms with Crippen molar-refractivity contribution in [3.63, 3.8) is 0 Å². The van der Waals surface area contributed by atoms with E-state index in [1.165, 1.54) is 57.4 Å². The summed E-state index contributed by atoms with van der Waals surface area (Å²) in [5.41, 5.74) is 9.15. The molecule has 0 spiro atoms. The monoisotopic (exact) mass is 554 g/mol. The maximum absolute atomic E-state index is 14.8. The second-order valence-corrected chi connectivity index (χ2v) is 11.2. The van der Waals surface area contributed by atoms with Gasteiger partial charge in [-0.05, 0) is 36.8 Å². The molecular formula is C32H39FN8. The summed E-state index contributed by atoms with van der Waals surface area (Å²) in [6.07, 6.45) is 13.3. The van der Waals surface area contributed by atoms with Crippen LogP contribution in [0.4, 0.5) is 10.3 Å². The second kappa shape index (κ2) is 13.9. The molecule has 0 aliphatic carbocycles. The Morgan fingerprint density at radius 1 is 0.902 bits per heavy atom. The quantitative estimate of drug-likeness (QED) is 0.163. The minimum absolute atomic E-state index is 0.0151. The van der Waals surface area contributed by atoms with E-state index in [1.807, 2.05) is 18.2 Å². The molecule has 0 saturated heterocycles. The molecule has 0 saturated carbocycles. The zero-order valence-corrected chi connectivity index (χ0v) is 24.3. The molecular weight excluding hydrogens is 515 g/mol. The molecule has 4 aromatic rings. The zero-order valence-electron chi connectivity index (χ0n) is 24.3. The van der Waals surface area contributed by atoms with Crippen molar-refractivity contribution < 1.29 is 4.39 Å². The highest BCUT2D eigenvalue weighted by Crippen LogP contribution is 2.29. The third-order valence-electron chi connectivity index (χ3n) is 7.42. The van der Waals surface area contributed by atoms with Crippen LogP contribution in [0.15, 0.2) is 48.7 Å². The van der Waals surface area contributed by atoms with E-state index in [0.717, 1.165) is 17.8 Å². The van der Waals surface area contributed by atoms with Gasteiger partial charge in [0.15, 0.2) is 0 Å². The average Bonchev–Trinajstić information content (AvgIpc) is 3.43. The number of aromatic nitrogens is 6. The molecule has 0 atom stereocenters. The lowest BCUT2D eigenvalue weighted by atomic mass is 9.83. The summed E-state index contributed by atoms with van der Waals surface area (Å²) in [4.78, 5) is 13.4. The van der Waals surface area contributed by atoms with Gasteiger partial charge in [0.2, 0.25) is 5.95 Å². The van der Waals surface area contributed by atoms with Crippen LogP contribution in [-0.2, 0) is 12.0 Å². The Hall–Kier alpha value is -4.19. The maximum Gasteiger partial charge on any atom is 0.221 e. The summed E-state index contributed by atoms with van der Waals surface area (Å²) in [5, 5.41) is 17.7. The smallest absolute Gasteiger partial charge is 0.221 e. The zero-order chi connectivity index (χ0) is 29.2.